The standard InChI is InChI=1S/C12H12ClNO/c1-7-5-11-10(8(2)12(7)13)4-3-9(6-14)15-11/h5,9H,3-4H2,1-2H3. The molecule has 1 aromatic rings. The summed E-state index contributed by atoms with van der Waals surface area (Å²) in [5.41, 5.74) is 3.24. The Labute approximate surface area is 94.4 Å². The molecule has 1 atom stereocenters. The van der Waals surface area contributed by atoms with Crippen molar-refractivity contribution in [2.75, 3.05) is 0 Å². The Morgan fingerprint density at radius 3 is 2.93 bits per heavy atom. The van der Waals surface area contributed by atoms with Crippen molar-refractivity contribution in [3.05, 3.63) is 27.8 Å². The van der Waals surface area contributed by atoms with Crippen LogP contribution in [0.5, 0.6) is 5.75 Å². The van der Waals surface area contributed by atoms with E-state index in [0.29, 0.717) is 0 Å². The minimum atomic E-state index is -0.308. The molecule has 0 amide bonds. The molecule has 2 nitrogen and oxygen atoms in total. The van der Waals surface area contributed by atoms with Gasteiger partial charge in [-0.2, -0.15) is 5.26 Å². The van der Waals surface area contributed by atoms with Crippen LogP contribution in [0, 0.1) is 25.2 Å². The molecule has 0 radical (unpaired) electrons. The monoisotopic (exact) mass is 221 g/mol. The number of nitriles is 1. The zero-order chi connectivity index (χ0) is 11.0. The molecule has 0 bridgehead atoms. The lowest BCUT2D eigenvalue weighted by atomic mass is 9.96. The van der Waals surface area contributed by atoms with Gasteiger partial charge in [-0.15, -0.1) is 0 Å². The molecule has 1 aliphatic heterocycles. The SMILES string of the molecule is Cc1cc2c(c(C)c1Cl)CCC(C#N)O2. The lowest BCUT2D eigenvalue weighted by Crippen LogP contribution is -2.21. The topological polar surface area (TPSA) is 33.0 Å². The molecule has 0 N–H and O–H groups in total. The fourth-order valence-corrected chi connectivity index (χ4v) is 2.12. The van der Waals surface area contributed by atoms with E-state index < -0.39 is 0 Å². The van der Waals surface area contributed by atoms with Crippen molar-refractivity contribution >= 4 is 11.6 Å². The van der Waals surface area contributed by atoms with E-state index in [0.717, 1.165) is 40.3 Å². The molecule has 1 heterocycles. The molecule has 0 aromatic heterocycles. The Balaban J connectivity index is 2.50. The van der Waals surface area contributed by atoms with Crippen LogP contribution >= 0.6 is 11.6 Å². The van der Waals surface area contributed by atoms with Gasteiger partial charge in [0.05, 0.1) is 0 Å². The minimum Gasteiger partial charge on any atom is -0.475 e. The maximum Gasteiger partial charge on any atom is 0.184 e. The molecule has 0 spiro atoms. The molecular weight excluding hydrogens is 210 g/mol. The molecule has 0 saturated carbocycles. The first-order valence-corrected chi connectivity index (χ1v) is 5.36. The number of fused-ring (bicyclic) bond motifs is 1. The van der Waals surface area contributed by atoms with Gasteiger partial charge in [-0.25, -0.2) is 0 Å². The van der Waals surface area contributed by atoms with Crippen LogP contribution in [0.4, 0.5) is 0 Å². The molecular formula is C12H12ClNO. The maximum atomic E-state index is 8.81. The van der Waals surface area contributed by atoms with Crippen LogP contribution in [0.25, 0.3) is 0 Å². The third kappa shape index (κ3) is 1.68. The highest BCUT2D eigenvalue weighted by Crippen LogP contribution is 2.35. The number of ether oxygens (including phenoxy) is 1. The van der Waals surface area contributed by atoms with Crippen LogP contribution in [0.15, 0.2) is 6.07 Å². The smallest absolute Gasteiger partial charge is 0.184 e. The zero-order valence-corrected chi connectivity index (χ0v) is 9.56. The second-order valence-corrected chi connectivity index (χ2v) is 4.26. The van der Waals surface area contributed by atoms with Gasteiger partial charge < -0.3 is 4.74 Å². The highest BCUT2D eigenvalue weighted by atomic mass is 35.5. The maximum absolute atomic E-state index is 8.81. The van der Waals surface area contributed by atoms with Gasteiger partial charge in [0.25, 0.3) is 0 Å². The Morgan fingerprint density at radius 2 is 2.27 bits per heavy atom. The van der Waals surface area contributed by atoms with E-state index >= 15 is 0 Å². The van der Waals surface area contributed by atoms with Crippen molar-refractivity contribution < 1.29 is 4.74 Å². The van der Waals surface area contributed by atoms with Gasteiger partial charge in [-0.05, 0) is 43.0 Å². The number of nitrogens with zero attached hydrogens (tertiary/aromatic N) is 1. The van der Waals surface area contributed by atoms with E-state index in [2.05, 4.69) is 6.07 Å². The van der Waals surface area contributed by atoms with Gasteiger partial charge in [0.2, 0.25) is 0 Å². The van der Waals surface area contributed by atoms with E-state index in [-0.39, 0.29) is 6.10 Å². The summed E-state index contributed by atoms with van der Waals surface area (Å²) in [7, 11) is 0. The number of rotatable bonds is 0. The quantitative estimate of drug-likeness (QED) is 0.674. The van der Waals surface area contributed by atoms with Crippen LogP contribution < -0.4 is 4.74 Å². The molecule has 3 heteroatoms. The third-order valence-corrected chi connectivity index (χ3v) is 3.42. The van der Waals surface area contributed by atoms with Crippen LogP contribution in [0.3, 0.4) is 0 Å². The molecule has 15 heavy (non-hydrogen) atoms. The second-order valence-electron chi connectivity index (χ2n) is 3.88. The van der Waals surface area contributed by atoms with E-state index in [9.17, 15) is 0 Å². The fraction of sp³-hybridized carbons (Fsp3) is 0.417. The summed E-state index contributed by atoms with van der Waals surface area (Å²) in [6.45, 7) is 3.96. The van der Waals surface area contributed by atoms with Crippen LogP contribution in [0.2, 0.25) is 5.02 Å². The zero-order valence-electron chi connectivity index (χ0n) is 8.80. The first kappa shape index (κ1) is 10.3. The van der Waals surface area contributed by atoms with E-state index in [1.807, 2.05) is 19.9 Å². The molecule has 1 unspecified atom stereocenters. The highest BCUT2D eigenvalue weighted by Gasteiger charge is 2.22. The third-order valence-electron chi connectivity index (χ3n) is 2.84. The van der Waals surface area contributed by atoms with Crippen molar-refractivity contribution in [1.29, 1.82) is 5.26 Å². The Morgan fingerprint density at radius 1 is 1.53 bits per heavy atom. The normalized spacial score (nSPS) is 18.9. The van der Waals surface area contributed by atoms with Crippen molar-refractivity contribution in [3.8, 4) is 11.8 Å². The number of hydrogen-bond donors (Lipinski definition) is 0. The Hall–Kier alpha value is -1.20. The number of aryl methyl sites for hydroxylation is 1. The highest BCUT2D eigenvalue weighted by molar-refractivity contribution is 6.32. The van der Waals surface area contributed by atoms with Gasteiger partial charge in [0.15, 0.2) is 6.10 Å². The molecule has 1 aromatic carbocycles. The van der Waals surface area contributed by atoms with E-state index in [4.69, 9.17) is 21.6 Å². The molecule has 0 fully saturated rings. The average Bonchev–Trinajstić information content (AvgIpc) is 2.25. The predicted octanol–water partition coefficient (Wildman–Crippen LogP) is 3.17. The van der Waals surface area contributed by atoms with Crippen LogP contribution in [-0.2, 0) is 6.42 Å². The molecule has 1 aliphatic rings. The van der Waals surface area contributed by atoms with Crippen molar-refractivity contribution in [2.24, 2.45) is 0 Å². The fourth-order valence-electron chi connectivity index (χ4n) is 1.95. The Bertz CT molecular complexity index is 448. The van der Waals surface area contributed by atoms with Gasteiger partial charge >= 0.3 is 0 Å². The van der Waals surface area contributed by atoms with Gasteiger partial charge in [0, 0.05) is 11.4 Å². The minimum absolute atomic E-state index is 0.308. The summed E-state index contributed by atoms with van der Waals surface area (Å²) in [6.07, 6.45) is 1.32. The Kier molecular flexibility index (Phi) is 2.58. The lowest BCUT2D eigenvalue weighted by molar-refractivity contribution is 0.225. The summed E-state index contributed by atoms with van der Waals surface area (Å²) in [5.74, 6) is 0.826. The molecule has 0 saturated heterocycles. The second kappa shape index (κ2) is 3.75. The van der Waals surface area contributed by atoms with Gasteiger partial charge in [0.1, 0.15) is 11.8 Å². The summed E-state index contributed by atoms with van der Waals surface area (Å²) >= 11 is 6.16. The van der Waals surface area contributed by atoms with E-state index in [1.165, 1.54) is 0 Å². The van der Waals surface area contributed by atoms with Crippen LogP contribution in [-0.4, -0.2) is 6.10 Å². The van der Waals surface area contributed by atoms with Crippen molar-refractivity contribution in [1.82, 2.24) is 0 Å². The van der Waals surface area contributed by atoms with Crippen molar-refractivity contribution in [3.63, 3.8) is 0 Å². The van der Waals surface area contributed by atoms with E-state index in [1.54, 1.807) is 0 Å². The number of halogens is 1. The van der Waals surface area contributed by atoms with Gasteiger partial charge in [-0.3, -0.25) is 0 Å². The molecule has 0 aliphatic carbocycles. The van der Waals surface area contributed by atoms with Gasteiger partial charge in [-0.1, -0.05) is 11.6 Å². The number of hydrogen-bond acceptors (Lipinski definition) is 2. The molecule has 2 rings (SSSR count). The molecule has 78 valence electrons. The summed E-state index contributed by atoms with van der Waals surface area (Å²) in [4.78, 5) is 0. The summed E-state index contributed by atoms with van der Waals surface area (Å²) in [6, 6.07) is 4.07. The summed E-state index contributed by atoms with van der Waals surface area (Å²) < 4.78 is 5.58. The van der Waals surface area contributed by atoms with Crippen LogP contribution in [0.1, 0.15) is 23.1 Å². The summed E-state index contributed by atoms with van der Waals surface area (Å²) in [5, 5.41) is 9.62. The first-order valence-electron chi connectivity index (χ1n) is 4.98. The predicted molar refractivity (Wildman–Crippen MR) is 59.3 cm³/mol. The van der Waals surface area contributed by atoms with Crippen molar-refractivity contribution in [2.45, 2.75) is 32.8 Å². The first-order chi connectivity index (χ1) is 7.13. The lowest BCUT2D eigenvalue weighted by Gasteiger charge is -2.24. The number of benzene rings is 1. The average molecular weight is 222 g/mol. The largest absolute Gasteiger partial charge is 0.475 e.